The summed E-state index contributed by atoms with van der Waals surface area (Å²) in [7, 11) is 0. The fourth-order valence-electron chi connectivity index (χ4n) is 4.26. The monoisotopic (exact) mass is 481 g/mol. The van der Waals surface area contributed by atoms with E-state index in [1.54, 1.807) is 24.3 Å². The van der Waals surface area contributed by atoms with Gasteiger partial charge in [0.15, 0.2) is 0 Å². The predicted octanol–water partition coefficient (Wildman–Crippen LogP) is 8.71. The minimum absolute atomic E-state index is 0.0386. The van der Waals surface area contributed by atoms with E-state index in [4.69, 9.17) is 5.26 Å². The smallest absolute Gasteiger partial charge is 0.144 e. The van der Waals surface area contributed by atoms with Crippen molar-refractivity contribution in [2.24, 2.45) is 0 Å². The second kappa shape index (κ2) is 11.6. The zero-order valence-corrected chi connectivity index (χ0v) is 20.2. The SMILES string of the molecule is CCCCCCCc1ccc(C#Cc2ccc3c(F)c(-c4cc(F)c(C#N)c(F)c4)ccc3c2)cc1. The van der Waals surface area contributed by atoms with Crippen LogP contribution >= 0.6 is 0 Å². The Labute approximate surface area is 210 Å². The molecule has 1 nitrogen and oxygen atoms in total. The van der Waals surface area contributed by atoms with Gasteiger partial charge in [0.25, 0.3) is 0 Å². The van der Waals surface area contributed by atoms with Crippen LogP contribution in [0.15, 0.2) is 66.7 Å². The largest absolute Gasteiger partial charge is 0.206 e. The third-order valence-electron chi connectivity index (χ3n) is 6.29. The molecule has 0 N–H and O–H groups in total. The zero-order chi connectivity index (χ0) is 25.5. The number of fused-ring (bicyclic) bond motifs is 1. The highest BCUT2D eigenvalue weighted by Crippen LogP contribution is 2.31. The van der Waals surface area contributed by atoms with Crippen LogP contribution in [-0.2, 0) is 6.42 Å². The molecule has 180 valence electrons. The maximum absolute atomic E-state index is 15.2. The van der Waals surface area contributed by atoms with E-state index >= 15 is 4.39 Å². The van der Waals surface area contributed by atoms with E-state index in [-0.39, 0.29) is 11.1 Å². The fourth-order valence-corrected chi connectivity index (χ4v) is 4.26. The summed E-state index contributed by atoms with van der Waals surface area (Å²) in [5.74, 6) is 3.67. The van der Waals surface area contributed by atoms with Gasteiger partial charge in [-0.3, -0.25) is 0 Å². The lowest BCUT2D eigenvalue weighted by Gasteiger charge is -2.09. The first kappa shape index (κ1) is 25.1. The first-order valence-corrected chi connectivity index (χ1v) is 12.2. The number of unbranched alkanes of at least 4 members (excludes halogenated alkanes) is 4. The Kier molecular flexibility index (Phi) is 8.09. The molecular weight excluding hydrogens is 455 g/mol. The lowest BCUT2D eigenvalue weighted by atomic mass is 9.98. The van der Waals surface area contributed by atoms with Gasteiger partial charge in [0.2, 0.25) is 0 Å². The van der Waals surface area contributed by atoms with Crippen LogP contribution in [0.4, 0.5) is 13.2 Å². The van der Waals surface area contributed by atoms with Crippen LogP contribution in [-0.4, -0.2) is 0 Å². The Hall–Kier alpha value is -4.02. The molecule has 0 spiro atoms. The van der Waals surface area contributed by atoms with Crippen molar-refractivity contribution in [1.82, 2.24) is 0 Å². The molecule has 0 saturated carbocycles. The molecule has 4 heteroatoms. The second-order valence-electron chi connectivity index (χ2n) is 8.90. The van der Waals surface area contributed by atoms with E-state index in [9.17, 15) is 8.78 Å². The molecule has 0 heterocycles. The molecule has 0 aliphatic carbocycles. The molecule has 0 saturated heterocycles. The number of hydrogen-bond donors (Lipinski definition) is 0. The summed E-state index contributed by atoms with van der Waals surface area (Å²) in [6.45, 7) is 2.22. The molecule has 36 heavy (non-hydrogen) atoms. The molecule has 4 aromatic rings. The number of benzene rings is 4. The normalized spacial score (nSPS) is 10.6. The average molecular weight is 482 g/mol. The van der Waals surface area contributed by atoms with Crippen molar-refractivity contribution in [3.05, 3.63) is 106 Å². The molecule has 0 aromatic heterocycles. The summed E-state index contributed by atoms with van der Waals surface area (Å²) < 4.78 is 43.3. The predicted molar refractivity (Wildman–Crippen MR) is 139 cm³/mol. The number of nitrogens with zero attached hydrogens (tertiary/aromatic N) is 1. The number of aryl methyl sites for hydroxylation is 1. The summed E-state index contributed by atoms with van der Waals surface area (Å²) in [4.78, 5) is 0. The van der Waals surface area contributed by atoms with Crippen molar-refractivity contribution in [2.75, 3.05) is 0 Å². The van der Waals surface area contributed by atoms with Gasteiger partial charge in [-0.1, -0.05) is 74.8 Å². The van der Waals surface area contributed by atoms with Gasteiger partial charge in [0.1, 0.15) is 29.1 Å². The van der Waals surface area contributed by atoms with Gasteiger partial charge < -0.3 is 0 Å². The molecule has 0 amide bonds. The Bertz CT molecular complexity index is 1460. The van der Waals surface area contributed by atoms with Gasteiger partial charge >= 0.3 is 0 Å². The molecule has 0 radical (unpaired) electrons. The molecular formula is C32H26F3N. The van der Waals surface area contributed by atoms with Crippen molar-refractivity contribution >= 4 is 10.8 Å². The van der Waals surface area contributed by atoms with Gasteiger partial charge in [-0.15, -0.1) is 0 Å². The number of halogens is 3. The Morgan fingerprint density at radius 1 is 0.722 bits per heavy atom. The first-order valence-electron chi connectivity index (χ1n) is 12.2. The lowest BCUT2D eigenvalue weighted by Crippen LogP contribution is -1.94. The van der Waals surface area contributed by atoms with E-state index in [1.165, 1.54) is 49.8 Å². The van der Waals surface area contributed by atoms with Crippen LogP contribution in [0.2, 0.25) is 0 Å². The van der Waals surface area contributed by atoms with Crippen molar-refractivity contribution < 1.29 is 13.2 Å². The average Bonchev–Trinajstić information content (AvgIpc) is 2.88. The topological polar surface area (TPSA) is 23.8 Å². The molecule has 4 aromatic carbocycles. The highest BCUT2D eigenvalue weighted by molar-refractivity contribution is 5.89. The Balaban J connectivity index is 1.51. The summed E-state index contributed by atoms with van der Waals surface area (Å²) in [5.41, 5.74) is 2.39. The van der Waals surface area contributed by atoms with Crippen molar-refractivity contribution in [2.45, 2.75) is 45.4 Å². The molecule has 0 fully saturated rings. The van der Waals surface area contributed by atoms with Crippen molar-refractivity contribution in [3.8, 4) is 29.0 Å². The van der Waals surface area contributed by atoms with Crippen LogP contribution in [0, 0.1) is 40.6 Å². The van der Waals surface area contributed by atoms with E-state index in [1.807, 2.05) is 12.1 Å². The highest BCUT2D eigenvalue weighted by Gasteiger charge is 2.15. The molecule has 0 atom stereocenters. The third-order valence-corrected chi connectivity index (χ3v) is 6.29. The minimum Gasteiger partial charge on any atom is -0.206 e. The van der Waals surface area contributed by atoms with Gasteiger partial charge in [-0.05, 0) is 65.8 Å². The van der Waals surface area contributed by atoms with Crippen molar-refractivity contribution in [3.63, 3.8) is 0 Å². The number of rotatable bonds is 7. The quantitative estimate of drug-likeness (QED) is 0.191. The van der Waals surface area contributed by atoms with Crippen LogP contribution in [0.5, 0.6) is 0 Å². The molecule has 0 bridgehead atoms. The minimum atomic E-state index is -1.02. The Morgan fingerprint density at radius 2 is 1.39 bits per heavy atom. The maximum atomic E-state index is 15.2. The first-order chi connectivity index (χ1) is 17.5. The van der Waals surface area contributed by atoms with E-state index in [0.717, 1.165) is 29.7 Å². The van der Waals surface area contributed by atoms with Gasteiger partial charge in [0.05, 0.1) is 0 Å². The molecule has 0 aliphatic heterocycles. The standard InChI is InChI=1S/C32H26F3N/c1-2-3-4-5-6-7-22-8-10-23(11-9-22)12-13-24-14-16-27-25(18-24)15-17-28(32(27)35)26-19-30(33)29(21-36)31(34)20-26/h8-11,14-20H,2-7H2,1H3. The van der Waals surface area contributed by atoms with Gasteiger partial charge in [0, 0.05) is 22.1 Å². The van der Waals surface area contributed by atoms with Crippen LogP contribution in [0.25, 0.3) is 21.9 Å². The van der Waals surface area contributed by atoms with E-state index < -0.39 is 23.0 Å². The van der Waals surface area contributed by atoms with Crippen LogP contribution < -0.4 is 0 Å². The summed E-state index contributed by atoms with van der Waals surface area (Å²) >= 11 is 0. The zero-order valence-electron chi connectivity index (χ0n) is 20.2. The van der Waals surface area contributed by atoms with Gasteiger partial charge in [-0.25, -0.2) is 13.2 Å². The number of hydrogen-bond acceptors (Lipinski definition) is 1. The second-order valence-corrected chi connectivity index (χ2v) is 8.90. The third kappa shape index (κ3) is 5.78. The Morgan fingerprint density at radius 3 is 2.08 bits per heavy atom. The molecule has 0 unspecified atom stereocenters. The summed E-state index contributed by atoms with van der Waals surface area (Å²) in [5, 5.41) is 9.81. The van der Waals surface area contributed by atoms with E-state index in [0.29, 0.717) is 10.8 Å². The van der Waals surface area contributed by atoms with Crippen LogP contribution in [0.3, 0.4) is 0 Å². The van der Waals surface area contributed by atoms with Crippen molar-refractivity contribution in [1.29, 1.82) is 5.26 Å². The van der Waals surface area contributed by atoms with Crippen LogP contribution in [0.1, 0.15) is 61.3 Å². The fraction of sp³-hybridized carbons (Fsp3) is 0.219. The summed E-state index contributed by atoms with van der Waals surface area (Å²) in [6, 6.07) is 20.0. The van der Waals surface area contributed by atoms with Gasteiger partial charge in [-0.2, -0.15) is 5.26 Å². The molecule has 0 aliphatic rings. The summed E-state index contributed by atoms with van der Waals surface area (Å²) in [6.07, 6.45) is 7.40. The molecule has 4 rings (SSSR count). The number of nitriles is 1. The van der Waals surface area contributed by atoms with E-state index in [2.05, 4.69) is 30.9 Å². The maximum Gasteiger partial charge on any atom is 0.144 e. The highest BCUT2D eigenvalue weighted by atomic mass is 19.1. The lowest BCUT2D eigenvalue weighted by molar-refractivity contribution is 0.577.